The molecule has 5 heteroatoms. The van der Waals surface area contributed by atoms with Crippen molar-refractivity contribution in [2.45, 2.75) is 25.3 Å². The van der Waals surface area contributed by atoms with Gasteiger partial charge in [-0.2, -0.15) is 0 Å². The summed E-state index contributed by atoms with van der Waals surface area (Å²) in [7, 11) is 3.23. The third kappa shape index (κ3) is 2.94. The zero-order valence-electron chi connectivity index (χ0n) is 12.1. The molecular formula is C15H22N2O3. The van der Waals surface area contributed by atoms with Crippen molar-refractivity contribution in [3.05, 3.63) is 23.8 Å². The van der Waals surface area contributed by atoms with Crippen LogP contribution in [-0.4, -0.2) is 39.3 Å². The van der Waals surface area contributed by atoms with Gasteiger partial charge in [-0.3, -0.25) is 4.79 Å². The number of hydrogen-bond acceptors (Lipinski definition) is 4. The lowest BCUT2D eigenvalue weighted by Gasteiger charge is -2.32. The van der Waals surface area contributed by atoms with Crippen LogP contribution >= 0.6 is 0 Å². The number of para-hydroxylation sites is 1. The summed E-state index contributed by atoms with van der Waals surface area (Å²) in [6.45, 7) is 1.17. The Morgan fingerprint density at radius 3 is 2.95 bits per heavy atom. The third-order valence-electron chi connectivity index (χ3n) is 3.62. The number of fused-ring (bicyclic) bond motifs is 1. The molecule has 1 amide bonds. The molecule has 0 saturated carbocycles. The normalized spacial score (nSPS) is 15.7. The van der Waals surface area contributed by atoms with Gasteiger partial charge in [-0.05, 0) is 30.9 Å². The predicted octanol–water partition coefficient (Wildman–Crippen LogP) is 1.34. The van der Waals surface area contributed by atoms with E-state index in [-0.39, 0.29) is 5.91 Å². The van der Waals surface area contributed by atoms with Gasteiger partial charge in [-0.15, -0.1) is 0 Å². The maximum atomic E-state index is 12.5. The first-order valence-corrected chi connectivity index (χ1v) is 6.90. The molecule has 20 heavy (non-hydrogen) atoms. The Hall–Kier alpha value is -1.59. The minimum absolute atomic E-state index is 0.0625. The lowest BCUT2D eigenvalue weighted by molar-refractivity contribution is -0.120. The van der Waals surface area contributed by atoms with E-state index >= 15 is 0 Å². The number of benzene rings is 1. The second kappa shape index (κ2) is 6.72. The largest absolute Gasteiger partial charge is 0.495 e. The average molecular weight is 278 g/mol. The highest BCUT2D eigenvalue weighted by Crippen LogP contribution is 2.36. The maximum Gasteiger partial charge on any atom is 0.244 e. The van der Waals surface area contributed by atoms with E-state index < -0.39 is 6.04 Å². The van der Waals surface area contributed by atoms with E-state index in [1.165, 1.54) is 0 Å². The van der Waals surface area contributed by atoms with Crippen LogP contribution in [0, 0.1) is 0 Å². The molecule has 0 aromatic heterocycles. The summed E-state index contributed by atoms with van der Waals surface area (Å²) in [5.41, 5.74) is 7.99. The molecule has 1 unspecified atom stereocenters. The molecule has 5 nitrogen and oxygen atoms in total. The van der Waals surface area contributed by atoms with Crippen LogP contribution in [0.1, 0.15) is 18.4 Å². The van der Waals surface area contributed by atoms with Crippen LogP contribution in [0.25, 0.3) is 0 Å². The lowest BCUT2D eigenvalue weighted by Crippen LogP contribution is -2.46. The summed E-state index contributed by atoms with van der Waals surface area (Å²) >= 11 is 0. The monoisotopic (exact) mass is 278 g/mol. The van der Waals surface area contributed by atoms with Crippen molar-refractivity contribution in [2.24, 2.45) is 5.73 Å². The second-order valence-electron chi connectivity index (χ2n) is 4.95. The van der Waals surface area contributed by atoms with Crippen LogP contribution in [0.5, 0.6) is 5.75 Å². The average Bonchev–Trinajstić information content (AvgIpc) is 2.50. The highest BCUT2D eigenvalue weighted by molar-refractivity contribution is 5.99. The summed E-state index contributed by atoms with van der Waals surface area (Å²) in [6.07, 6.45) is 2.43. The molecule has 0 radical (unpaired) electrons. The van der Waals surface area contributed by atoms with Crippen molar-refractivity contribution >= 4 is 11.6 Å². The van der Waals surface area contributed by atoms with E-state index in [4.69, 9.17) is 15.2 Å². The van der Waals surface area contributed by atoms with Crippen LogP contribution in [0.4, 0.5) is 5.69 Å². The van der Waals surface area contributed by atoms with Crippen LogP contribution < -0.4 is 15.4 Å². The second-order valence-corrected chi connectivity index (χ2v) is 4.95. The number of anilines is 1. The van der Waals surface area contributed by atoms with Gasteiger partial charge < -0.3 is 20.1 Å². The van der Waals surface area contributed by atoms with Gasteiger partial charge in [0, 0.05) is 20.3 Å². The fourth-order valence-corrected chi connectivity index (χ4v) is 2.57. The predicted molar refractivity (Wildman–Crippen MR) is 78.1 cm³/mol. The maximum absolute atomic E-state index is 12.5. The number of carbonyl (C=O) groups is 1. The first-order valence-electron chi connectivity index (χ1n) is 6.90. The molecule has 0 fully saturated rings. The molecule has 2 rings (SSSR count). The topological polar surface area (TPSA) is 64.8 Å². The number of rotatable bonds is 5. The molecule has 2 N–H and O–H groups in total. The fourth-order valence-electron chi connectivity index (χ4n) is 2.57. The number of nitrogens with zero attached hydrogens (tertiary/aromatic N) is 1. The molecule has 1 aliphatic rings. The van der Waals surface area contributed by atoms with E-state index in [0.29, 0.717) is 19.6 Å². The summed E-state index contributed by atoms with van der Waals surface area (Å²) < 4.78 is 10.4. The quantitative estimate of drug-likeness (QED) is 0.882. The number of carbonyl (C=O) groups excluding carboxylic acids is 1. The number of amides is 1. The summed E-state index contributed by atoms with van der Waals surface area (Å²) in [6, 6.07) is 5.34. The molecular weight excluding hydrogens is 256 g/mol. The molecule has 0 aliphatic carbocycles. The standard InChI is InChI=1S/C15H22N2O3/c1-19-10-8-12(16)15(18)17-9-4-6-11-5-3-7-13(20-2)14(11)17/h3,5,7,12H,4,6,8-10,16H2,1-2H3. The van der Waals surface area contributed by atoms with Crippen LogP contribution in [0.15, 0.2) is 18.2 Å². The number of hydrogen-bond donors (Lipinski definition) is 1. The van der Waals surface area contributed by atoms with E-state index in [9.17, 15) is 4.79 Å². The minimum Gasteiger partial charge on any atom is -0.495 e. The first-order chi connectivity index (χ1) is 9.69. The van der Waals surface area contributed by atoms with Gasteiger partial charge in [-0.25, -0.2) is 0 Å². The van der Waals surface area contributed by atoms with Crippen molar-refractivity contribution in [1.29, 1.82) is 0 Å². The van der Waals surface area contributed by atoms with Crippen molar-refractivity contribution in [1.82, 2.24) is 0 Å². The lowest BCUT2D eigenvalue weighted by atomic mass is 10.00. The molecule has 1 aliphatic heterocycles. The van der Waals surface area contributed by atoms with Crippen LogP contribution in [0.2, 0.25) is 0 Å². The zero-order valence-corrected chi connectivity index (χ0v) is 12.1. The van der Waals surface area contributed by atoms with Crippen molar-refractivity contribution in [3.63, 3.8) is 0 Å². The molecule has 0 bridgehead atoms. The van der Waals surface area contributed by atoms with Gasteiger partial charge in [0.25, 0.3) is 0 Å². The summed E-state index contributed by atoms with van der Waals surface area (Å²) in [5, 5.41) is 0. The minimum atomic E-state index is -0.536. The van der Waals surface area contributed by atoms with Crippen molar-refractivity contribution in [2.75, 3.05) is 32.3 Å². The van der Waals surface area contributed by atoms with Gasteiger partial charge in [0.1, 0.15) is 5.75 Å². The van der Waals surface area contributed by atoms with E-state index in [2.05, 4.69) is 0 Å². The van der Waals surface area contributed by atoms with E-state index in [1.54, 1.807) is 19.1 Å². The van der Waals surface area contributed by atoms with E-state index in [0.717, 1.165) is 29.8 Å². The highest BCUT2D eigenvalue weighted by Gasteiger charge is 2.28. The van der Waals surface area contributed by atoms with Gasteiger partial charge in [0.15, 0.2) is 0 Å². The third-order valence-corrected chi connectivity index (χ3v) is 3.62. The Morgan fingerprint density at radius 1 is 1.45 bits per heavy atom. The Balaban J connectivity index is 2.25. The Labute approximate surface area is 119 Å². The molecule has 1 aromatic carbocycles. The number of nitrogens with two attached hydrogens (primary N) is 1. The van der Waals surface area contributed by atoms with Crippen LogP contribution in [0.3, 0.4) is 0 Å². The highest BCUT2D eigenvalue weighted by atomic mass is 16.5. The summed E-state index contributed by atoms with van der Waals surface area (Å²) in [5.74, 6) is 0.669. The fraction of sp³-hybridized carbons (Fsp3) is 0.533. The Kier molecular flexibility index (Phi) is 4.98. The number of ether oxygens (including phenoxy) is 2. The number of aryl methyl sites for hydroxylation is 1. The Bertz CT molecular complexity index is 462. The molecule has 0 saturated heterocycles. The zero-order chi connectivity index (χ0) is 14.5. The van der Waals surface area contributed by atoms with Gasteiger partial charge in [-0.1, -0.05) is 12.1 Å². The van der Waals surface area contributed by atoms with E-state index in [1.807, 2.05) is 18.2 Å². The van der Waals surface area contributed by atoms with Gasteiger partial charge >= 0.3 is 0 Å². The number of methoxy groups -OCH3 is 2. The van der Waals surface area contributed by atoms with Crippen molar-refractivity contribution in [3.8, 4) is 5.75 Å². The van der Waals surface area contributed by atoms with Crippen molar-refractivity contribution < 1.29 is 14.3 Å². The first kappa shape index (κ1) is 14.8. The smallest absolute Gasteiger partial charge is 0.244 e. The molecule has 1 aromatic rings. The SMILES string of the molecule is COCCC(N)C(=O)N1CCCc2cccc(OC)c21. The van der Waals surface area contributed by atoms with Crippen LogP contribution in [-0.2, 0) is 16.0 Å². The molecule has 110 valence electrons. The molecule has 0 spiro atoms. The Morgan fingerprint density at radius 2 is 2.25 bits per heavy atom. The molecule has 1 atom stereocenters. The van der Waals surface area contributed by atoms with Gasteiger partial charge in [0.2, 0.25) is 5.91 Å². The molecule has 1 heterocycles. The van der Waals surface area contributed by atoms with Gasteiger partial charge in [0.05, 0.1) is 18.8 Å². The summed E-state index contributed by atoms with van der Waals surface area (Å²) in [4.78, 5) is 14.3.